The summed E-state index contributed by atoms with van der Waals surface area (Å²) in [5.74, 6) is -0.882. The van der Waals surface area contributed by atoms with Crippen LogP contribution in [0.25, 0.3) is 0 Å². The van der Waals surface area contributed by atoms with Crippen LogP contribution in [0.5, 0.6) is 0 Å². The van der Waals surface area contributed by atoms with Gasteiger partial charge in [-0.3, -0.25) is 0 Å². The average Bonchev–Trinajstić information content (AvgIpc) is 2.46. The van der Waals surface area contributed by atoms with Gasteiger partial charge in [-0.2, -0.15) is 0 Å². The number of rotatable bonds is 11. The highest BCUT2D eigenvalue weighted by atomic mass is 19.1. The Balaban J connectivity index is 2.43. The van der Waals surface area contributed by atoms with Gasteiger partial charge in [-0.25, -0.2) is 8.78 Å². The van der Waals surface area contributed by atoms with Crippen molar-refractivity contribution in [1.29, 1.82) is 0 Å². The number of halogens is 2. The Hall–Kier alpha value is -0.960. The van der Waals surface area contributed by atoms with Crippen molar-refractivity contribution in [3.8, 4) is 0 Å². The van der Waals surface area contributed by atoms with Crippen molar-refractivity contribution in [2.45, 2.75) is 71.3 Å². The zero-order valence-electron chi connectivity index (χ0n) is 13.4. The van der Waals surface area contributed by atoms with Crippen LogP contribution in [-0.2, 0) is 0 Å². The molecule has 120 valence electrons. The highest BCUT2D eigenvalue weighted by Gasteiger charge is 2.18. The minimum Gasteiger partial charge on any atom is -0.310 e. The number of nitrogens with one attached hydrogen (secondary N) is 1. The first-order valence-corrected chi connectivity index (χ1v) is 8.38. The van der Waals surface area contributed by atoms with Gasteiger partial charge < -0.3 is 5.32 Å². The Morgan fingerprint density at radius 1 is 0.905 bits per heavy atom. The summed E-state index contributed by atoms with van der Waals surface area (Å²) < 4.78 is 27.7. The highest BCUT2D eigenvalue weighted by Crippen LogP contribution is 2.25. The summed E-state index contributed by atoms with van der Waals surface area (Å²) in [5, 5.41) is 3.21. The van der Waals surface area contributed by atoms with Gasteiger partial charge in [0.15, 0.2) is 0 Å². The molecule has 1 nitrogen and oxygen atoms in total. The Labute approximate surface area is 128 Å². The van der Waals surface area contributed by atoms with E-state index >= 15 is 0 Å². The summed E-state index contributed by atoms with van der Waals surface area (Å²) in [5.41, 5.74) is 0.199. The van der Waals surface area contributed by atoms with Crippen molar-refractivity contribution in [2.24, 2.45) is 0 Å². The second-order valence-electron chi connectivity index (χ2n) is 5.66. The summed E-state index contributed by atoms with van der Waals surface area (Å²) >= 11 is 0. The van der Waals surface area contributed by atoms with Gasteiger partial charge in [0.1, 0.15) is 11.6 Å². The minimum atomic E-state index is -0.441. The predicted octanol–water partition coefficient (Wildman–Crippen LogP) is 5.76. The van der Waals surface area contributed by atoms with Crippen LogP contribution < -0.4 is 5.32 Å². The maximum atomic E-state index is 13.9. The minimum absolute atomic E-state index is 0.199. The number of hydrogen-bond donors (Lipinski definition) is 1. The molecule has 0 aliphatic heterocycles. The van der Waals surface area contributed by atoms with Gasteiger partial charge in [0, 0.05) is 11.6 Å². The van der Waals surface area contributed by atoms with Gasteiger partial charge >= 0.3 is 0 Å². The normalized spacial score (nSPS) is 12.6. The quantitative estimate of drug-likeness (QED) is 0.512. The highest BCUT2D eigenvalue weighted by molar-refractivity contribution is 5.23. The monoisotopic (exact) mass is 297 g/mol. The van der Waals surface area contributed by atoms with E-state index in [1.165, 1.54) is 50.3 Å². The summed E-state index contributed by atoms with van der Waals surface area (Å²) in [4.78, 5) is 0. The lowest BCUT2D eigenvalue weighted by Crippen LogP contribution is -2.23. The van der Waals surface area contributed by atoms with E-state index in [1.807, 2.05) is 6.92 Å². The van der Waals surface area contributed by atoms with Crippen molar-refractivity contribution < 1.29 is 8.78 Å². The molecule has 0 saturated heterocycles. The molecule has 0 amide bonds. The summed E-state index contributed by atoms with van der Waals surface area (Å²) in [6.45, 7) is 4.90. The third kappa shape index (κ3) is 6.56. The Bertz CT molecular complexity index is 373. The molecule has 1 aromatic carbocycles. The van der Waals surface area contributed by atoms with Crippen molar-refractivity contribution in [3.63, 3.8) is 0 Å². The first-order chi connectivity index (χ1) is 10.2. The molecular weight excluding hydrogens is 268 g/mol. The largest absolute Gasteiger partial charge is 0.310 e. The molecular formula is C18H29F2N. The molecule has 0 fully saturated rings. The van der Waals surface area contributed by atoms with Crippen LogP contribution >= 0.6 is 0 Å². The first-order valence-electron chi connectivity index (χ1n) is 8.38. The lowest BCUT2D eigenvalue weighted by Gasteiger charge is -2.19. The van der Waals surface area contributed by atoms with E-state index in [1.54, 1.807) is 0 Å². The molecule has 0 aliphatic carbocycles. The first kappa shape index (κ1) is 18.1. The van der Waals surface area contributed by atoms with Crippen LogP contribution in [0.3, 0.4) is 0 Å². The van der Waals surface area contributed by atoms with E-state index in [2.05, 4.69) is 12.2 Å². The fraction of sp³-hybridized carbons (Fsp3) is 0.667. The van der Waals surface area contributed by atoms with Crippen LogP contribution in [-0.4, -0.2) is 6.54 Å². The van der Waals surface area contributed by atoms with Crippen LogP contribution in [0.15, 0.2) is 18.2 Å². The van der Waals surface area contributed by atoms with E-state index in [9.17, 15) is 8.78 Å². The Morgan fingerprint density at radius 3 is 2.05 bits per heavy atom. The second kappa shape index (κ2) is 10.7. The topological polar surface area (TPSA) is 12.0 Å². The molecule has 1 rings (SSSR count). The van der Waals surface area contributed by atoms with E-state index < -0.39 is 11.6 Å². The standard InChI is InChI=1S/C18H29F2N/c1-3-5-6-7-8-9-10-14-17(21-4-2)18-15(19)12-11-13-16(18)20/h11-13,17,21H,3-10,14H2,1-2H3. The fourth-order valence-corrected chi connectivity index (χ4v) is 2.74. The molecule has 0 saturated carbocycles. The van der Waals surface area contributed by atoms with Gasteiger partial charge in [-0.15, -0.1) is 0 Å². The van der Waals surface area contributed by atoms with Crippen molar-refractivity contribution in [1.82, 2.24) is 5.32 Å². The van der Waals surface area contributed by atoms with Gasteiger partial charge in [-0.05, 0) is 25.1 Å². The molecule has 0 bridgehead atoms. The maximum Gasteiger partial charge on any atom is 0.130 e. The summed E-state index contributed by atoms with van der Waals surface area (Å²) in [6, 6.07) is 3.89. The number of unbranched alkanes of at least 4 members (excludes halogenated alkanes) is 6. The molecule has 3 heteroatoms. The van der Waals surface area contributed by atoms with Crippen molar-refractivity contribution in [3.05, 3.63) is 35.4 Å². The lowest BCUT2D eigenvalue weighted by molar-refractivity contribution is 0.435. The fourth-order valence-electron chi connectivity index (χ4n) is 2.74. The SMILES string of the molecule is CCCCCCCCCC(NCC)c1c(F)cccc1F. The molecule has 1 atom stereocenters. The summed E-state index contributed by atoms with van der Waals surface area (Å²) in [7, 11) is 0. The zero-order chi connectivity index (χ0) is 15.5. The van der Waals surface area contributed by atoms with E-state index in [4.69, 9.17) is 0 Å². The average molecular weight is 297 g/mol. The van der Waals surface area contributed by atoms with Crippen LogP contribution in [0.2, 0.25) is 0 Å². The molecule has 1 N–H and O–H groups in total. The number of hydrogen-bond acceptors (Lipinski definition) is 1. The van der Waals surface area contributed by atoms with E-state index in [-0.39, 0.29) is 11.6 Å². The molecule has 21 heavy (non-hydrogen) atoms. The third-order valence-corrected chi connectivity index (χ3v) is 3.90. The van der Waals surface area contributed by atoms with Crippen molar-refractivity contribution >= 4 is 0 Å². The van der Waals surface area contributed by atoms with E-state index in [0.29, 0.717) is 0 Å². The predicted molar refractivity (Wildman–Crippen MR) is 85.4 cm³/mol. The molecule has 0 heterocycles. The van der Waals surface area contributed by atoms with Gasteiger partial charge in [0.05, 0.1) is 0 Å². The molecule has 0 aliphatic rings. The number of benzene rings is 1. The van der Waals surface area contributed by atoms with Gasteiger partial charge in [-0.1, -0.05) is 64.9 Å². The third-order valence-electron chi connectivity index (χ3n) is 3.90. The lowest BCUT2D eigenvalue weighted by atomic mass is 9.98. The summed E-state index contributed by atoms with van der Waals surface area (Å²) in [6.07, 6.45) is 9.30. The van der Waals surface area contributed by atoms with Crippen LogP contribution in [0, 0.1) is 11.6 Å². The Kier molecular flexibility index (Phi) is 9.24. The molecule has 0 radical (unpaired) electrons. The van der Waals surface area contributed by atoms with Crippen LogP contribution in [0.1, 0.15) is 76.8 Å². The Morgan fingerprint density at radius 2 is 1.48 bits per heavy atom. The van der Waals surface area contributed by atoms with Gasteiger partial charge in [0.25, 0.3) is 0 Å². The smallest absolute Gasteiger partial charge is 0.130 e. The van der Waals surface area contributed by atoms with Crippen molar-refractivity contribution in [2.75, 3.05) is 6.54 Å². The zero-order valence-corrected chi connectivity index (χ0v) is 13.4. The molecule has 1 unspecified atom stereocenters. The molecule has 0 aromatic heterocycles. The molecule has 1 aromatic rings. The molecule has 0 spiro atoms. The maximum absolute atomic E-state index is 13.9. The second-order valence-corrected chi connectivity index (χ2v) is 5.66. The van der Waals surface area contributed by atoms with E-state index in [0.717, 1.165) is 25.8 Å². The van der Waals surface area contributed by atoms with Crippen LogP contribution in [0.4, 0.5) is 8.78 Å². The van der Waals surface area contributed by atoms with Gasteiger partial charge in [0.2, 0.25) is 0 Å².